The Kier molecular flexibility index (Phi) is 5.20. The zero-order chi connectivity index (χ0) is 27.0. The van der Waals surface area contributed by atoms with E-state index in [1.165, 1.54) is 0 Å². The molecule has 4 aromatic rings. The molecule has 1 aromatic heterocycles. The number of halogens is 1. The van der Waals surface area contributed by atoms with E-state index >= 15 is 0 Å². The highest BCUT2D eigenvalue weighted by atomic mass is 79.9. The second-order valence-corrected chi connectivity index (χ2v) is 11.9. The molecule has 3 aromatic carbocycles. The van der Waals surface area contributed by atoms with Crippen molar-refractivity contribution in [2.75, 3.05) is 5.73 Å². The molecule has 2 N–H and O–H groups in total. The van der Waals surface area contributed by atoms with Crippen molar-refractivity contribution >= 4 is 27.8 Å². The van der Waals surface area contributed by atoms with Crippen LogP contribution in [0.25, 0.3) is 0 Å². The van der Waals surface area contributed by atoms with E-state index in [0.717, 1.165) is 25.8 Å². The molecular formula is C29H26BrN5O3. The molecule has 0 amide bonds. The van der Waals surface area contributed by atoms with Crippen molar-refractivity contribution in [3.63, 3.8) is 0 Å². The number of nitrogens with two attached hydrogens (primary N) is 1. The number of hydrogen-bond donors (Lipinski definition) is 1. The van der Waals surface area contributed by atoms with Gasteiger partial charge in [0.1, 0.15) is 0 Å². The third-order valence-electron chi connectivity index (χ3n) is 8.44. The number of nitrogens with zero attached hydrogens (tertiary/aromatic N) is 4. The van der Waals surface area contributed by atoms with Crippen LogP contribution in [0.5, 0.6) is 0 Å². The van der Waals surface area contributed by atoms with Crippen LogP contribution in [0, 0.1) is 15.5 Å². The molecule has 0 spiro atoms. The topological polar surface area (TPSA) is 117 Å². The van der Waals surface area contributed by atoms with Gasteiger partial charge in [0.2, 0.25) is 5.95 Å². The van der Waals surface area contributed by atoms with Gasteiger partial charge in [-0.25, -0.2) is 0 Å². The second-order valence-electron chi connectivity index (χ2n) is 11.0. The van der Waals surface area contributed by atoms with Crippen molar-refractivity contribution < 1.29 is 9.72 Å². The summed E-state index contributed by atoms with van der Waals surface area (Å²) in [6, 6.07) is 22.6. The standard InChI is InChI=1S/C29H26BrN5O3/c1-27(2,17-12-14-18(30)15-13-17)24-32-26(31)34(33-24)25(36)28(3)16-29(35(37)38)21-10-6-4-8-19(21)23(28)20-9-5-7-11-22(20)29/h4-15,23H,16H2,1-3H3,(H2,31,32,33). The average molecular weight is 572 g/mol. The molecule has 7 rings (SSSR count). The van der Waals surface area contributed by atoms with Gasteiger partial charge in [-0.2, -0.15) is 9.67 Å². The number of nitro groups is 1. The van der Waals surface area contributed by atoms with E-state index in [9.17, 15) is 14.9 Å². The summed E-state index contributed by atoms with van der Waals surface area (Å²) in [6.07, 6.45) is -0.00470. The van der Waals surface area contributed by atoms with Crippen LogP contribution in [0.4, 0.5) is 5.95 Å². The number of carbonyl (C=O) groups is 1. The van der Waals surface area contributed by atoms with E-state index in [1.807, 2.05) is 86.6 Å². The lowest BCUT2D eigenvalue weighted by Gasteiger charge is -2.52. The molecule has 9 heteroatoms. The molecule has 2 bridgehead atoms. The summed E-state index contributed by atoms with van der Waals surface area (Å²) in [7, 11) is 0. The summed E-state index contributed by atoms with van der Waals surface area (Å²) in [5, 5.41) is 17.5. The van der Waals surface area contributed by atoms with Crippen molar-refractivity contribution in [2.24, 2.45) is 5.41 Å². The molecule has 0 saturated heterocycles. The summed E-state index contributed by atoms with van der Waals surface area (Å²) >= 11 is 3.46. The summed E-state index contributed by atoms with van der Waals surface area (Å²) in [4.78, 5) is 31.6. The first kappa shape index (κ1) is 24.5. The minimum Gasteiger partial charge on any atom is -0.368 e. The molecule has 8 nitrogen and oxygen atoms in total. The predicted octanol–water partition coefficient (Wildman–Crippen LogP) is 5.66. The molecule has 3 aliphatic carbocycles. The number of fused-ring (bicyclic) bond motifs is 1. The largest absolute Gasteiger partial charge is 0.368 e. The molecule has 38 heavy (non-hydrogen) atoms. The molecule has 1 unspecified atom stereocenters. The van der Waals surface area contributed by atoms with Gasteiger partial charge in [0.15, 0.2) is 5.82 Å². The number of rotatable bonds is 4. The van der Waals surface area contributed by atoms with Crippen LogP contribution in [0.15, 0.2) is 77.3 Å². The summed E-state index contributed by atoms with van der Waals surface area (Å²) < 4.78 is 2.10. The molecule has 192 valence electrons. The van der Waals surface area contributed by atoms with Gasteiger partial charge in [0.25, 0.3) is 11.4 Å². The van der Waals surface area contributed by atoms with Crippen molar-refractivity contribution in [1.82, 2.24) is 14.8 Å². The highest BCUT2D eigenvalue weighted by Crippen LogP contribution is 2.64. The van der Waals surface area contributed by atoms with E-state index in [4.69, 9.17) is 5.73 Å². The zero-order valence-electron chi connectivity index (χ0n) is 21.2. The minimum atomic E-state index is -1.55. The van der Waals surface area contributed by atoms with Gasteiger partial charge in [-0.1, -0.05) is 76.6 Å². The van der Waals surface area contributed by atoms with Gasteiger partial charge < -0.3 is 5.73 Å². The maximum Gasteiger partial charge on any atom is 0.273 e. The monoisotopic (exact) mass is 571 g/mol. The quantitative estimate of drug-likeness (QED) is 0.249. The van der Waals surface area contributed by atoms with Crippen molar-refractivity contribution in [1.29, 1.82) is 0 Å². The fourth-order valence-electron chi connectivity index (χ4n) is 6.51. The number of anilines is 1. The van der Waals surface area contributed by atoms with Gasteiger partial charge in [-0.15, -0.1) is 5.10 Å². The van der Waals surface area contributed by atoms with Crippen LogP contribution >= 0.6 is 15.9 Å². The third-order valence-corrected chi connectivity index (χ3v) is 8.97. The fourth-order valence-corrected chi connectivity index (χ4v) is 6.77. The highest BCUT2D eigenvalue weighted by molar-refractivity contribution is 9.10. The van der Waals surface area contributed by atoms with Gasteiger partial charge >= 0.3 is 0 Å². The molecular weight excluding hydrogens is 546 g/mol. The lowest BCUT2D eigenvalue weighted by molar-refractivity contribution is -0.573. The number of aromatic nitrogens is 3. The van der Waals surface area contributed by atoms with Gasteiger partial charge in [-0.05, 0) is 49.6 Å². The van der Waals surface area contributed by atoms with Crippen molar-refractivity contribution in [2.45, 2.75) is 44.1 Å². The van der Waals surface area contributed by atoms with E-state index in [-0.39, 0.29) is 17.3 Å². The molecule has 0 saturated carbocycles. The Balaban J connectivity index is 1.51. The Labute approximate surface area is 228 Å². The van der Waals surface area contributed by atoms with Crippen LogP contribution in [0.1, 0.15) is 71.5 Å². The Hall–Kier alpha value is -3.85. The van der Waals surface area contributed by atoms with Gasteiger partial charge in [-0.3, -0.25) is 14.9 Å². The number of hydrogen-bond acceptors (Lipinski definition) is 6. The van der Waals surface area contributed by atoms with Crippen LogP contribution in [0.2, 0.25) is 0 Å². The summed E-state index contributed by atoms with van der Waals surface area (Å²) in [6.45, 7) is 5.74. The maximum atomic E-state index is 14.4. The van der Waals surface area contributed by atoms with E-state index in [1.54, 1.807) is 6.92 Å². The van der Waals surface area contributed by atoms with Gasteiger partial charge in [0, 0.05) is 32.9 Å². The third kappa shape index (κ3) is 3.11. The first-order valence-electron chi connectivity index (χ1n) is 12.4. The Bertz CT molecular complexity index is 1580. The van der Waals surface area contributed by atoms with Crippen molar-refractivity contribution in [3.8, 4) is 0 Å². The molecule has 0 fully saturated rings. The first-order chi connectivity index (χ1) is 18.0. The van der Waals surface area contributed by atoms with Crippen LogP contribution in [-0.4, -0.2) is 25.6 Å². The van der Waals surface area contributed by atoms with E-state index < -0.39 is 28.2 Å². The molecule has 0 aliphatic heterocycles. The van der Waals surface area contributed by atoms with E-state index in [2.05, 4.69) is 26.0 Å². The molecule has 1 atom stereocenters. The average Bonchev–Trinajstić information content (AvgIpc) is 3.30. The van der Waals surface area contributed by atoms with Gasteiger partial charge in [0.05, 0.1) is 10.8 Å². The molecule has 3 aliphatic rings. The minimum absolute atomic E-state index is 0.00470. The fraction of sp³-hybridized carbons (Fsp3) is 0.276. The molecule has 0 radical (unpaired) electrons. The number of benzene rings is 3. The predicted molar refractivity (Wildman–Crippen MR) is 147 cm³/mol. The Morgan fingerprint density at radius 1 is 1.05 bits per heavy atom. The lowest BCUT2D eigenvalue weighted by atomic mass is 9.49. The SMILES string of the molecule is CC(C)(c1ccc(Br)cc1)c1nc(N)n(C(=O)C2(C)CC3([N+](=O)[O-])c4ccccc4C2c2ccccc23)n1. The van der Waals surface area contributed by atoms with Crippen LogP contribution in [-0.2, 0) is 11.0 Å². The normalized spacial score (nSPS) is 23.5. The molecule has 1 heterocycles. The Morgan fingerprint density at radius 2 is 1.61 bits per heavy atom. The Morgan fingerprint density at radius 3 is 2.16 bits per heavy atom. The number of nitrogen functional groups attached to an aromatic ring is 1. The first-order valence-corrected chi connectivity index (χ1v) is 13.2. The van der Waals surface area contributed by atoms with Crippen LogP contribution in [0.3, 0.4) is 0 Å². The van der Waals surface area contributed by atoms with Crippen molar-refractivity contribution in [3.05, 3.63) is 121 Å². The second kappa shape index (κ2) is 8.07. The smallest absolute Gasteiger partial charge is 0.273 e. The summed E-state index contributed by atoms with van der Waals surface area (Å²) in [5.41, 5.74) is 6.77. The lowest BCUT2D eigenvalue weighted by Crippen LogP contribution is -2.57. The highest BCUT2D eigenvalue weighted by Gasteiger charge is 2.67. The number of carbonyl (C=O) groups excluding carboxylic acids is 1. The summed E-state index contributed by atoms with van der Waals surface area (Å²) in [5.74, 6) is -0.425. The zero-order valence-corrected chi connectivity index (χ0v) is 22.8. The maximum absolute atomic E-state index is 14.4. The van der Waals surface area contributed by atoms with Crippen LogP contribution < -0.4 is 5.73 Å². The van der Waals surface area contributed by atoms with E-state index in [0.29, 0.717) is 17.0 Å².